The highest BCUT2D eigenvalue weighted by Gasteiger charge is 2.38. The molecule has 1 N–H and O–H groups in total. The second-order valence-electron chi connectivity index (χ2n) is 5.40. The maximum atomic E-state index is 10.4. The van der Waals surface area contributed by atoms with Gasteiger partial charge in [0.1, 0.15) is 0 Å². The van der Waals surface area contributed by atoms with E-state index in [1.807, 2.05) is 0 Å². The molecule has 3 unspecified atom stereocenters. The van der Waals surface area contributed by atoms with E-state index in [4.69, 9.17) is 14.6 Å². The first-order valence-electron chi connectivity index (χ1n) is 6.96. The van der Waals surface area contributed by atoms with Gasteiger partial charge in [-0.05, 0) is 24.7 Å². The zero-order valence-electron chi connectivity index (χ0n) is 11.9. The van der Waals surface area contributed by atoms with Gasteiger partial charge in [0.25, 0.3) is 0 Å². The quantitative estimate of drug-likeness (QED) is 0.744. The van der Waals surface area contributed by atoms with Gasteiger partial charge >= 0.3 is 5.97 Å². The molecular formula is C14H26O4. The number of rotatable bonds is 6. The molecule has 5 atom stereocenters. The summed E-state index contributed by atoms with van der Waals surface area (Å²) in [6.07, 6.45) is 1.76. The molecule has 0 aromatic heterocycles. The minimum Gasteiger partial charge on any atom is -0.481 e. The zero-order valence-corrected chi connectivity index (χ0v) is 11.9. The van der Waals surface area contributed by atoms with E-state index in [2.05, 4.69) is 27.7 Å². The second-order valence-corrected chi connectivity index (χ2v) is 5.40. The van der Waals surface area contributed by atoms with Crippen molar-refractivity contribution in [3.05, 3.63) is 0 Å². The van der Waals surface area contributed by atoms with E-state index in [9.17, 15) is 4.79 Å². The van der Waals surface area contributed by atoms with Crippen LogP contribution in [0.5, 0.6) is 0 Å². The van der Waals surface area contributed by atoms with Crippen molar-refractivity contribution in [3.63, 3.8) is 0 Å². The van der Waals surface area contributed by atoms with Crippen molar-refractivity contribution >= 4 is 5.97 Å². The minimum absolute atomic E-state index is 0.157. The third-order valence-electron chi connectivity index (χ3n) is 4.20. The molecule has 0 aromatic carbocycles. The van der Waals surface area contributed by atoms with Gasteiger partial charge in [-0.2, -0.15) is 0 Å². The maximum Gasteiger partial charge on any atom is 0.303 e. The van der Waals surface area contributed by atoms with Crippen LogP contribution in [0.1, 0.15) is 47.0 Å². The molecule has 1 aliphatic heterocycles. The van der Waals surface area contributed by atoms with Gasteiger partial charge in [0.2, 0.25) is 0 Å². The molecule has 1 saturated heterocycles. The Morgan fingerprint density at radius 2 is 1.89 bits per heavy atom. The minimum atomic E-state index is -0.773. The van der Waals surface area contributed by atoms with Crippen molar-refractivity contribution in [2.45, 2.75) is 59.4 Å². The average molecular weight is 258 g/mol. The zero-order chi connectivity index (χ0) is 13.7. The molecule has 0 amide bonds. The van der Waals surface area contributed by atoms with Crippen molar-refractivity contribution in [1.82, 2.24) is 0 Å². The average Bonchev–Trinajstić information content (AvgIpc) is 2.34. The summed E-state index contributed by atoms with van der Waals surface area (Å²) in [6.45, 7) is 9.21. The van der Waals surface area contributed by atoms with Crippen molar-refractivity contribution in [2.75, 3.05) is 6.61 Å². The summed E-state index contributed by atoms with van der Waals surface area (Å²) in [4.78, 5) is 10.4. The molecule has 1 fully saturated rings. The summed E-state index contributed by atoms with van der Waals surface area (Å²) in [5.41, 5.74) is 0. The molecule has 0 aliphatic carbocycles. The molecule has 0 radical (unpaired) electrons. The lowest BCUT2D eigenvalue weighted by Crippen LogP contribution is -2.45. The fourth-order valence-corrected chi connectivity index (χ4v) is 2.57. The Hall–Kier alpha value is -0.610. The van der Waals surface area contributed by atoms with Crippen LogP contribution in [0.15, 0.2) is 0 Å². The van der Waals surface area contributed by atoms with Crippen LogP contribution < -0.4 is 0 Å². The van der Waals surface area contributed by atoms with Gasteiger partial charge in [-0.15, -0.1) is 0 Å². The molecule has 106 valence electrons. The normalized spacial score (nSPS) is 36.6. The SMILES string of the molecule is CCC1O[C@@H](OCCCC(=O)O)C(C)[C@@H](C)C1C. The lowest BCUT2D eigenvalue weighted by molar-refractivity contribution is -0.248. The predicted molar refractivity (Wildman–Crippen MR) is 69.3 cm³/mol. The van der Waals surface area contributed by atoms with E-state index >= 15 is 0 Å². The Kier molecular flexibility index (Phi) is 6.09. The van der Waals surface area contributed by atoms with Gasteiger partial charge < -0.3 is 14.6 Å². The van der Waals surface area contributed by atoms with E-state index in [0.29, 0.717) is 30.8 Å². The summed E-state index contributed by atoms with van der Waals surface area (Å²) in [5.74, 6) is 0.689. The molecule has 4 nitrogen and oxygen atoms in total. The lowest BCUT2D eigenvalue weighted by Gasteiger charge is -2.43. The first kappa shape index (κ1) is 15.4. The molecule has 1 aliphatic rings. The van der Waals surface area contributed by atoms with E-state index in [1.54, 1.807) is 0 Å². The van der Waals surface area contributed by atoms with Crippen molar-refractivity contribution in [3.8, 4) is 0 Å². The standard InChI is InChI=1S/C14H26O4/c1-5-12-10(3)9(2)11(4)14(18-12)17-8-6-7-13(15)16/h9-12,14H,5-8H2,1-4H3,(H,15,16)/t9-,10?,11?,12?,14+/m0/s1. The number of aliphatic carboxylic acids is 1. The van der Waals surface area contributed by atoms with E-state index in [0.717, 1.165) is 6.42 Å². The topological polar surface area (TPSA) is 55.8 Å². The van der Waals surface area contributed by atoms with E-state index < -0.39 is 5.97 Å². The first-order chi connectivity index (χ1) is 8.47. The monoisotopic (exact) mass is 258 g/mol. The molecule has 0 spiro atoms. The summed E-state index contributed by atoms with van der Waals surface area (Å²) >= 11 is 0. The number of carboxylic acid groups (broad SMARTS) is 1. The highest BCUT2D eigenvalue weighted by atomic mass is 16.7. The van der Waals surface area contributed by atoms with Crippen molar-refractivity contribution < 1.29 is 19.4 Å². The summed E-state index contributed by atoms with van der Waals surface area (Å²) in [5, 5.41) is 8.57. The van der Waals surface area contributed by atoms with Crippen LogP contribution >= 0.6 is 0 Å². The van der Waals surface area contributed by atoms with Crippen molar-refractivity contribution in [2.24, 2.45) is 17.8 Å². The molecule has 0 saturated carbocycles. The van der Waals surface area contributed by atoms with E-state index in [-0.39, 0.29) is 18.8 Å². The van der Waals surface area contributed by atoms with Gasteiger partial charge in [0.15, 0.2) is 6.29 Å². The fourth-order valence-electron chi connectivity index (χ4n) is 2.57. The van der Waals surface area contributed by atoms with Crippen LogP contribution in [0.25, 0.3) is 0 Å². The lowest BCUT2D eigenvalue weighted by atomic mass is 9.78. The largest absolute Gasteiger partial charge is 0.481 e. The highest BCUT2D eigenvalue weighted by molar-refractivity contribution is 5.66. The Labute approximate surface area is 110 Å². The van der Waals surface area contributed by atoms with Gasteiger partial charge in [-0.1, -0.05) is 27.7 Å². The highest BCUT2D eigenvalue weighted by Crippen LogP contribution is 2.36. The fraction of sp³-hybridized carbons (Fsp3) is 0.929. The summed E-state index contributed by atoms with van der Waals surface area (Å²) < 4.78 is 11.7. The van der Waals surface area contributed by atoms with Gasteiger partial charge in [-0.3, -0.25) is 4.79 Å². The number of ether oxygens (including phenoxy) is 2. The third-order valence-corrected chi connectivity index (χ3v) is 4.20. The molecule has 0 bridgehead atoms. The Bertz CT molecular complexity index is 265. The predicted octanol–water partition coefficient (Wildman–Crippen LogP) is 2.91. The van der Waals surface area contributed by atoms with Crippen LogP contribution in [0.4, 0.5) is 0 Å². The Morgan fingerprint density at radius 1 is 1.22 bits per heavy atom. The molecule has 18 heavy (non-hydrogen) atoms. The van der Waals surface area contributed by atoms with Crippen LogP contribution in [0.3, 0.4) is 0 Å². The Morgan fingerprint density at radius 3 is 2.44 bits per heavy atom. The van der Waals surface area contributed by atoms with Gasteiger partial charge in [0.05, 0.1) is 12.7 Å². The number of carbonyl (C=O) groups is 1. The molecular weight excluding hydrogens is 232 g/mol. The summed E-state index contributed by atoms with van der Waals surface area (Å²) in [7, 11) is 0. The first-order valence-corrected chi connectivity index (χ1v) is 6.96. The molecule has 1 rings (SSSR count). The van der Waals surface area contributed by atoms with Gasteiger partial charge in [0, 0.05) is 12.3 Å². The molecule has 4 heteroatoms. The molecule has 0 aromatic rings. The smallest absolute Gasteiger partial charge is 0.303 e. The second kappa shape index (κ2) is 7.10. The van der Waals surface area contributed by atoms with E-state index in [1.165, 1.54) is 0 Å². The van der Waals surface area contributed by atoms with Crippen LogP contribution in [-0.2, 0) is 14.3 Å². The van der Waals surface area contributed by atoms with Crippen molar-refractivity contribution in [1.29, 1.82) is 0 Å². The maximum absolute atomic E-state index is 10.4. The third kappa shape index (κ3) is 3.95. The van der Waals surface area contributed by atoms with Crippen LogP contribution in [0.2, 0.25) is 0 Å². The summed E-state index contributed by atoms with van der Waals surface area (Å²) in [6, 6.07) is 0. The molecule has 1 heterocycles. The number of hydrogen-bond donors (Lipinski definition) is 1. The number of carboxylic acids is 1. The Balaban J connectivity index is 2.41. The van der Waals surface area contributed by atoms with Crippen LogP contribution in [-0.4, -0.2) is 30.1 Å². The number of hydrogen-bond acceptors (Lipinski definition) is 3. The van der Waals surface area contributed by atoms with Crippen LogP contribution in [0, 0.1) is 17.8 Å². The van der Waals surface area contributed by atoms with Gasteiger partial charge in [-0.25, -0.2) is 0 Å².